The van der Waals surface area contributed by atoms with Crippen molar-refractivity contribution >= 4 is 0 Å². The lowest BCUT2D eigenvalue weighted by Gasteiger charge is -2.07. The van der Waals surface area contributed by atoms with Crippen LogP contribution in [0.2, 0.25) is 0 Å². The van der Waals surface area contributed by atoms with Gasteiger partial charge in [-0.25, -0.2) is 4.39 Å². The van der Waals surface area contributed by atoms with Gasteiger partial charge < -0.3 is 9.67 Å². The van der Waals surface area contributed by atoms with Crippen LogP contribution in [0.3, 0.4) is 0 Å². The first-order valence-electron chi connectivity index (χ1n) is 5.37. The summed E-state index contributed by atoms with van der Waals surface area (Å²) in [7, 11) is 0. The molecular weight excluding hydrogens is 205 g/mol. The number of nitrogens with zero attached hydrogens (tertiary/aromatic N) is 1. The molecule has 3 heteroatoms. The fourth-order valence-electron chi connectivity index (χ4n) is 2.43. The van der Waals surface area contributed by atoms with Gasteiger partial charge in [0.1, 0.15) is 5.82 Å². The van der Waals surface area contributed by atoms with Crippen LogP contribution < -0.4 is 0 Å². The molecule has 82 valence electrons. The maximum absolute atomic E-state index is 13.1. The van der Waals surface area contributed by atoms with Crippen LogP contribution in [0.1, 0.15) is 11.1 Å². The molecule has 1 aromatic heterocycles. The van der Waals surface area contributed by atoms with Crippen LogP contribution in [0.4, 0.5) is 4.39 Å². The van der Waals surface area contributed by atoms with Crippen molar-refractivity contribution in [2.75, 3.05) is 6.61 Å². The van der Waals surface area contributed by atoms with E-state index in [1.165, 1.54) is 11.6 Å². The van der Waals surface area contributed by atoms with Gasteiger partial charge in [-0.15, -0.1) is 0 Å². The van der Waals surface area contributed by atoms with E-state index in [1.54, 1.807) is 6.07 Å². The molecule has 0 unspecified atom stereocenters. The van der Waals surface area contributed by atoms with Gasteiger partial charge in [0.2, 0.25) is 0 Å². The lowest BCUT2D eigenvalue weighted by molar-refractivity contribution is 0.277. The molecule has 1 N–H and O–H groups in total. The minimum atomic E-state index is -0.183. The van der Waals surface area contributed by atoms with E-state index in [4.69, 9.17) is 5.11 Å². The number of halogens is 1. The molecule has 0 amide bonds. The lowest BCUT2D eigenvalue weighted by Crippen LogP contribution is -2.02. The SMILES string of the molecule is OCCn1ccc2c1-c1ccc(F)cc1C2. The summed E-state index contributed by atoms with van der Waals surface area (Å²) in [6.45, 7) is 0.712. The summed E-state index contributed by atoms with van der Waals surface area (Å²) in [6, 6.07) is 6.95. The summed E-state index contributed by atoms with van der Waals surface area (Å²) < 4.78 is 15.1. The highest BCUT2D eigenvalue weighted by atomic mass is 19.1. The Kier molecular flexibility index (Phi) is 2.07. The van der Waals surface area contributed by atoms with E-state index >= 15 is 0 Å². The van der Waals surface area contributed by atoms with Crippen molar-refractivity contribution in [3.8, 4) is 11.3 Å². The Morgan fingerprint density at radius 1 is 1.25 bits per heavy atom. The van der Waals surface area contributed by atoms with Gasteiger partial charge in [0, 0.05) is 24.7 Å². The predicted octanol–water partition coefficient (Wildman–Crippen LogP) is 2.19. The second-order valence-corrected chi connectivity index (χ2v) is 4.08. The molecule has 0 aliphatic heterocycles. The molecule has 2 nitrogen and oxygen atoms in total. The Hall–Kier alpha value is -1.61. The Balaban J connectivity index is 2.15. The highest BCUT2D eigenvalue weighted by Gasteiger charge is 2.22. The topological polar surface area (TPSA) is 25.2 Å². The third-order valence-corrected chi connectivity index (χ3v) is 3.09. The standard InChI is InChI=1S/C13H12FNO/c14-11-1-2-12-10(8-11)7-9-3-4-15(5-6-16)13(9)12/h1-4,8,16H,5-7H2. The maximum atomic E-state index is 13.1. The van der Waals surface area contributed by atoms with E-state index in [0.717, 1.165) is 23.2 Å². The number of benzene rings is 1. The van der Waals surface area contributed by atoms with E-state index in [1.807, 2.05) is 22.9 Å². The Bertz CT molecular complexity index is 545. The first kappa shape index (κ1) is 9.60. The van der Waals surface area contributed by atoms with Crippen LogP contribution in [0.5, 0.6) is 0 Å². The second kappa shape index (κ2) is 3.46. The molecule has 0 bridgehead atoms. The molecule has 0 radical (unpaired) electrons. The monoisotopic (exact) mass is 217 g/mol. The van der Waals surface area contributed by atoms with E-state index in [-0.39, 0.29) is 12.4 Å². The molecule has 0 spiro atoms. The minimum absolute atomic E-state index is 0.123. The maximum Gasteiger partial charge on any atom is 0.123 e. The zero-order valence-corrected chi connectivity index (χ0v) is 8.78. The predicted molar refractivity (Wildman–Crippen MR) is 59.7 cm³/mol. The van der Waals surface area contributed by atoms with Gasteiger partial charge in [-0.3, -0.25) is 0 Å². The number of hydrogen-bond acceptors (Lipinski definition) is 1. The summed E-state index contributed by atoms with van der Waals surface area (Å²) in [5.74, 6) is -0.183. The van der Waals surface area contributed by atoms with Crippen LogP contribution in [0, 0.1) is 5.82 Å². The molecule has 1 heterocycles. The van der Waals surface area contributed by atoms with Crippen LogP contribution in [-0.2, 0) is 13.0 Å². The van der Waals surface area contributed by atoms with Gasteiger partial charge in [0.25, 0.3) is 0 Å². The average molecular weight is 217 g/mol. The molecule has 16 heavy (non-hydrogen) atoms. The molecule has 0 fully saturated rings. The van der Waals surface area contributed by atoms with E-state index in [9.17, 15) is 4.39 Å². The summed E-state index contributed by atoms with van der Waals surface area (Å²) in [5, 5.41) is 8.98. The summed E-state index contributed by atoms with van der Waals surface area (Å²) in [4.78, 5) is 0. The summed E-state index contributed by atoms with van der Waals surface area (Å²) in [5.41, 5.74) is 4.48. The van der Waals surface area contributed by atoms with E-state index < -0.39 is 0 Å². The van der Waals surface area contributed by atoms with Gasteiger partial charge in [-0.2, -0.15) is 0 Å². The van der Waals surface area contributed by atoms with Gasteiger partial charge in [-0.1, -0.05) is 0 Å². The lowest BCUT2D eigenvalue weighted by atomic mass is 10.1. The van der Waals surface area contributed by atoms with Gasteiger partial charge >= 0.3 is 0 Å². The summed E-state index contributed by atoms with van der Waals surface area (Å²) >= 11 is 0. The largest absolute Gasteiger partial charge is 0.395 e. The number of hydrogen-bond donors (Lipinski definition) is 1. The highest BCUT2D eigenvalue weighted by Crippen LogP contribution is 2.37. The van der Waals surface area contributed by atoms with Crippen molar-refractivity contribution in [1.82, 2.24) is 4.57 Å². The normalized spacial score (nSPS) is 12.6. The molecular formula is C13H12FNO. The van der Waals surface area contributed by atoms with Crippen molar-refractivity contribution in [2.24, 2.45) is 0 Å². The second-order valence-electron chi connectivity index (χ2n) is 4.08. The first-order valence-corrected chi connectivity index (χ1v) is 5.37. The van der Waals surface area contributed by atoms with E-state index in [2.05, 4.69) is 0 Å². The van der Waals surface area contributed by atoms with Crippen LogP contribution in [0.15, 0.2) is 30.5 Å². The van der Waals surface area contributed by atoms with Crippen LogP contribution >= 0.6 is 0 Å². The zero-order chi connectivity index (χ0) is 11.1. The minimum Gasteiger partial charge on any atom is -0.395 e. The van der Waals surface area contributed by atoms with Crippen LogP contribution in [0.25, 0.3) is 11.3 Å². The van der Waals surface area contributed by atoms with Crippen LogP contribution in [-0.4, -0.2) is 16.3 Å². The fraction of sp³-hybridized carbons (Fsp3) is 0.231. The molecule has 0 atom stereocenters. The van der Waals surface area contributed by atoms with Gasteiger partial charge in [0.15, 0.2) is 0 Å². The van der Waals surface area contributed by atoms with Crippen molar-refractivity contribution in [1.29, 1.82) is 0 Å². The van der Waals surface area contributed by atoms with Crippen molar-refractivity contribution in [2.45, 2.75) is 13.0 Å². The number of aromatic nitrogens is 1. The third kappa shape index (κ3) is 1.28. The molecule has 0 saturated heterocycles. The van der Waals surface area contributed by atoms with Crippen molar-refractivity contribution in [3.63, 3.8) is 0 Å². The van der Waals surface area contributed by atoms with Crippen molar-refractivity contribution < 1.29 is 9.50 Å². The van der Waals surface area contributed by atoms with E-state index in [0.29, 0.717) is 6.54 Å². The smallest absolute Gasteiger partial charge is 0.123 e. The fourth-order valence-corrected chi connectivity index (χ4v) is 2.43. The number of aliphatic hydroxyl groups excluding tert-OH is 1. The Morgan fingerprint density at radius 2 is 2.12 bits per heavy atom. The highest BCUT2D eigenvalue weighted by molar-refractivity contribution is 5.74. The quantitative estimate of drug-likeness (QED) is 0.699. The number of rotatable bonds is 2. The molecule has 1 aliphatic rings. The first-order chi connectivity index (χ1) is 7.79. The Morgan fingerprint density at radius 3 is 2.94 bits per heavy atom. The molecule has 3 rings (SSSR count). The zero-order valence-electron chi connectivity index (χ0n) is 8.78. The molecule has 2 aromatic rings. The number of aliphatic hydroxyl groups is 1. The van der Waals surface area contributed by atoms with Gasteiger partial charge in [0.05, 0.1) is 12.3 Å². The molecule has 0 saturated carbocycles. The Labute approximate surface area is 93.0 Å². The van der Waals surface area contributed by atoms with Crippen molar-refractivity contribution in [3.05, 3.63) is 47.4 Å². The third-order valence-electron chi connectivity index (χ3n) is 3.09. The number of fused-ring (bicyclic) bond motifs is 3. The molecule has 1 aliphatic carbocycles. The van der Waals surface area contributed by atoms with Gasteiger partial charge in [-0.05, 0) is 35.4 Å². The summed E-state index contributed by atoms with van der Waals surface area (Å²) in [6.07, 6.45) is 2.77. The molecule has 1 aromatic carbocycles. The average Bonchev–Trinajstić information content (AvgIpc) is 2.78.